The van der Waals surface area contributed by atoms with Crippen molar-refractivity contribution in [1.82, 2.24) is 0 Å². The maximum Gasteiger partial charge on any atom is 0.416 e. The van der Waals surface area contributed by atoms with E-state index in [1.165, 1.54) is 24.3 Å². The molecule has 0 aromatic heterocycles. The molecule has 3 rings (SSSR count). The molecule has 0 bridgehead atoms. The van der Waals surface area contributed by atoms with Crippen LogP contribution >= 0.6 is 0 Å². The van der Waals surface area contributed by atoms with Crippen LogP contribution < -0.4 is 0 Å². The second-order valence-corrected chi connectivity index (χ2v) is 4.98. The van der Waals surface area contributed by atoms with Crippen molar-refractivity contribution in [1.29, 1.82) is 0 Å². The van der Waals surface area contributed by atoms with E-state index in [0.29, 0.717) is 11.1 Å². The lowest BCUT2D eigenvalue weighted by molar-refractivity contribution is -0.137. The predicted octanol–water partition coefficient (Wildman–Crippen LogP) is 4.69. The number of benzene rings is 2. The van der Waals surface area contributed by atoms with E-state index in [4.69, 9.17) is 4.74 Å². The van der Waals surface area contributed by atoms with Crippen LogP contribution in [0.1, 0.15) is 16.7 Å². The number of allylic oxidation sites excluding steroid dienone is 1. The summed E-state index contributed by atoms with van der Waals surface area (Å²) >= 11 is 0. The van der Waals surface area contributed by atoms with E-state index in [1.54, 1.807) is 24.3 Å². The largest absolute Gasteiger partial charge is 0.423 e. The molecule has 23 heavy (non-hydrogen) atoms. The van der Waals surface area contributed by atoms with Gasteiger partial charge in [-0.1, -0.05) is 42.5 Å². The molecule has 2 aromatic carbocycles. The molecule has 0 N–H and O–H groups in total. The van der Waals surface area contributed by atoms with Gasteiger partial charge in [0.15, 0.2) is 0 Å². The number of esters is 1. The number of hydrogen-bond donors (Lipinski definition) is 0. The van der Waals surface area contributed by atoms with Crippen LogP contribution in [0, 0.1) is 0 Å². The fourth-order valence-corrected chi connectivity index (χ4v) is 2.29. The lowest BCUT2D eigenvalue weighted by Gasteiger charge is -2.08. The molecule has 1 heterocycles. The lowest BCUT2D eigenvalue weighted by atomic mass is 10.0. The average molecular weight is 316 g/mol. The van der Waals surface area contributed by atoms with Crippen molar-refractivity contribution in [3.8, 4) is 0 Å². The van der Waals surface area contributed by atoms with Crippen LogP contribution in [0.15, 0.2) is 66.4 Å². The van der Waals surface area contributed by atoms with Crippen LogP contribution in [0.3, 0.4) is 0 Å². The average Bonchev–Trinajstić information content (AvgIpc) is 2.88. The van der Waals surface area contributed by atoms with Gasteiger partial charge in [-0.2, -0.15) is 13.2 Å². The Hall–Kier alpha value is -2.82. The molecule has 116 valence electrons. The molecule has 0 unspecified atom stereocenters. The standard InChI is InChI=1S/C18H11F3O2/c19-18(20,21)14-8-4-5-12(9-14)10-16-15(11-17(22)23-16)13-6-2-1-3-7-13/h1-11H/b16-10-. The third-order valence-corrected chi connectivity index (χ3v) is 3.33. The van der Waals surface area contributed by atoms with Crippen molar-refractivity contribution in [2.45, 2.75) is 6.18 Å². The Morgan fingerprint density at radius 1 is 0.957 bits per heavy atom. The van der Waals surface area contributed by atoms with Crippen molar-refractivity contribution >= 4 is 17.6 Å². The number of alkyl halides is 3. The number of ether oxygens (including phenoxy) is 1. The first-order valence-electron chi connectivity index (χ1n) is 6.82. The molecule has 0 saturated carbocycles. The Bertz CT molecular complexity index is 803. The zero-order chi connectivity index (χ0) is 16.4. The zero-order valence-electron chi connectivity index (χ0n) is 11.8. The molecule has 0 amide bonds. The summed E-state index contributed by atoms with van der Waals surface area (Å²) in [4.78, 5) is 11.5. The second-order valence-electron chi connectivity index (χ2n) is 4.98. The number of carbonyl (C=O) groups is 1. The highest BCUT2D eigenvalue weighted by Gasteiger charge is 2.30. The van der Waals surface area contributed by atoms with Crippen molar-refractivity contribution in [3.05, 3.63) is 83.1 Å². The smallest absolute Gasteiger partial charge is 0.416 e. The first-order valence-corrected chi connectivity index (χ1v) is 6.82. The lowest BCUT2D eigenvalue weighted by Crippen LogP contribution is -2.04. The Kier molecular flexibility index (Phi) is 3.78. The third kappa shape index (κ3) is 3.34. The van der Waals surface area contributed by atoms with Crippen LogP contribution in [0.5, 0.6) is 0 Å². The number of halogens is 3. The van der Waals surface area contributed by atoms with Gasteiger partial charge in [0.2, 0.25) is 0 Å². The fourth-order valence-electron chi connectivity index (χ4n) is 2.29. The highest BCUT2D eigenvalue weighted by Crippen LogP contribution is 2.33. The summed E-state index contributed by atoms with van der Waals surface area (Å²) in [6.07, 6.45) is -1.66. The van der Waals surface area contributed by atoms with Crippen LogP contribution in [-0.2, 0) is 15.7 Å². The molecule has 0 radical (unpaired) electrons. The Labute approximate surface area is 130 Å². The van der Waals surface area contributed by atoms with Gasteiger partial charge in [-0.05, 0) is 29.3 Å². The van der Waals surface area contributed by atoms with Crippen molar-refractivity contribution < 1.29 is 22.7 Å². The van der Waals surface area contributed by atoms with Gasteiger partial charge in [-0.25, -0.2) is 4.79 Å². The predicted molar refractivity (Wildman–Crippen MR) is 79.9 cm³/mol. The normalized spacial score (nSPS) is 16.4. The van der Waals surface area contributed by atoms with E-state index in [9.17, 15) is 18.0 Å². The summed E-state index contributed by atoms with van der Waals surface area (Å²) in [6, 6.07) is 13.9. The Balaban J connectivity index is 1.99. The van der Waals surface area contributed by atoms with Gasteiger partial charge >= 0.3 is 12.1 Å². The first-order chi connectivity index (χ1) is 10.9. The van der Waals surface area contributed by atoms with E-state index < -0.39 is 17.7 Å². The van der Waals surface area contributed by atoms with E-state index >= 15 is 0 Å². The van der Waals surface area contributed by atoms with E-state index in [-0.39, 0.29) is 5.76 Å². The number of rotatable bonds is 2. The van der Waals surface area contributed by atoms with Crippen LogP contribution in [-0.4, -0.2) is 5.97 Å². The van der Waals surface area contributed by atoms with E-state index in [1.807, 2.05) is 6.07 Å². The molecular weight excluding hydrogens is 305 g/mol. The number of cyclic esters (lactones) is 1. The minimum atomic E-state index is -4.42. The molecule has 0 atom stereocenters. The zero-order valence-corrected chi connectivity index (χ0v) is 11.8. The Morgan fingerprint density at radius 2 is 1.70 bits per heavy atom. The quantitative estimate of drug-likeness (QED) is 0.752. The minimum Gasteiger partial charge on any atom is -0.423 e. The SMILES string of the molecule is O=C1C=C(c2ccccc2)/C(=C/c2cccc(C(F)(F)F)c2)O1. The van der Waals surface area contributed by atoms with Crippen molar-refractivity contribution in [2.75, 3.05) is 0 Å². The second kappa shape index (κ2) is 5.76. The van der Waals surface area contributed by atoms with Crippen molar-refractivity contribution in [3.63, 3.8) is 0 Å². The Morgan fingerprint density at radius 3 is 2.39 bits per heavy atom. The highest BCUT2D eigenvalue weighted by molar-refractivity contribution is 6.03. The maximum atomic E-state index is 12.8. The fraction of sp³-hybridized carbons (Fsp3) is 0.0556. The summed E-state index contributed by atoms with van der Waals surface area (Å²) in [5.74, 6) is -0.303. The summed E-state index contributed by atoms with van der Waals surface area (Å²) in [5.41, 5.74) is 0.873. The van der Waals surface area contributed by atoms with Crippen molar-refractivity contribution in [2.24, 2.45) is 0 Å². The molecule has 0 fully saturated rings. The monoisotopic (exact) mass is 316 g/mol. The van der Waals surface area contributed by atoms with Gasteiger partial charge in [-0.3, -0.25) is 0 Å². The number of carbonyl (C=O) groups excluding carboxylic acids is 1. The van der Waals surface area contributed by atoms with Gasteiger partial charge < -0.3 is 4.74 Å². The molecule has 0 spiro atoms. The molecule has 5 heteroatoms. The minimum absolute atomic E-state index is 0.237. The van der Waals surface area contributed by atoms with Gasteiger partial charge in [0.05, 0.1) is 5.56 Å². The summed E-state index contributed by atoms with van der Waals surface area (Å²) in [7, 11) is 0. The van der Waals surface area contributed by atoms with Gasteiger partial charge in [-0.15, -0.1) is 0 Å². The van der Waals surface area contributed by atoms with E-state index in [0.717, 1.165) is 17.7 Å². The molecule has 0 aliphatic carbocycles. The first kappa shape index (κ1) is 15.1. The van der Waals surface area contributed by atoms with Gasteiger partial charge in [0.1, 0.15) is 5.76 Å². The molecule has 0 saturated heterocycles. The summed E-state index contributed by atoms with van der Waals surface area (Å²) < 4.78 is 43.4. The van der Waals surface area contributed by atoms with Crippen LogP contribution in [0.4, 0.5) is 13.2 Å². The molecule has 2 nitrogen and oxygen atoms in total. The summed E-state index contributed by atoms with van der Waals surface area (Å²) in [6.45, 7) is 0. The molecule has 2 aromatic rings. The number of hydrogen-bond acceptors (Lipinski definition) is 2. The summed E-state index contributed by atoms with van der Waals surface area (Å²) in [5, 5.41) is 0. The van der Waals surface area contributed by atoms with Gasteiger partial charge in [0, 0.05) is 11.6 Å². The van der Waals surface area contributed by atoms with E-state index in [2.05, 4.69) is 0 Å². The van der Waals surface area contributed by atoms with Crippen LogP contribution in [0.2, 0.25) is 0 Å². The van der Waals surface area contributed by atoms with Crippen LogP contribution in [0.25, 0.3) is 11.6 Å². The highest BCUT2D eigenvalue weighted by atomic mass is 19.4. The molecular formula is C18H11F3O2. The van der Waals surface area contributed by atoms with Gasteiger partial charge in [0.25, 0.3) is 0 Å². The molecule has 1 aliphatic rings. The third-order valence-electron chi connectivity index (χ3n) is 3.33. The molecule has 1 aliphatic heterocycles. The topological polar surface area (TPSA) is 26.3 Å². The maximum absolute atomic E-state index is 12.8.